The molecule has 0 N–H and O–H groups in total. The highest BCUT2D eigenvalue weighted by atomic mass is 28.4. The van der Waals surface area contributed by atoms with Gasteiger partial charge in [-0.2, -0.15) is 0 Å². The Morgan fingerprint density at radius 1 is 1.17 bits per heavy atom. The van der Waals surface area contributed by atoms with Crippen molar-refractivity contribution >= 4 is 16.4 Å². The van der Waals surface area contributed by atoms with E-state index in [0.29, 0.717) is 11.8 Å². The summed E-state index contributed by atoms with van der Waals surface area (Å²) in [6, 6.07) is 3.83. The van der Waals surface area contributed by atoms with E-state index in [9.17, 15) is 0 Å². The van der Waals surface area contributed by atoms with Crippen molar-refractivity contribution in [2.45, 2.75) is 117 Å². The van der Waals surface area contributed by atoms with E-state index in [1.807, 2.05) is 0 Å². The maximum absolute atomic E-state index is 6.84. The van der Waals surface area contributed by atoms with Gasteiger partial charge in [0.05, 0.1) is 6.10 Å². The second kappa shape index (κ2) is 11.2. The van der Waals surface area contributed by atoms with Gasteiger partial charge < -0.3 is 4.43 Å². The Hall–Kier alpha value is -0.786. The van der Waals surface area contributed by atoms with Crippen LogP contribution in [0.5, 0.6) is 0 Å². The summed E-state index contributed by atoms with van der Waals surface area (Å²) in [6.45, 7) is 27.2. The fourth-order valence-electron chi connectivity index (χ4n) is 4.38. The Bertz CT molecular complexity index is 695. The Labute approximate surface area is 190 Å². The highest BCUT2D eigenvalue weighted by molar-refractivity contribution is 6.87. The summed E-state index contributed by atoms with van der Waals surface area (Å²) in [6.07, 6.45) is 5.53. The van der Waals surface area contributed by atoms with E-state index in [2.05, 4.69) is 98.3 Å². The van der Waals surface area contributed by atoms with Gasteiger partial charge in [0, 0.05) is 6.42 Å². The summed E-state index contributed by atoms with van der Waals surface area (Å²) >= 11 is 0. The first-order chi connectivity index (χ1) is 13.9. The predicted molar refractivity (Wildman–Crippen MR) is 140 cm³/mol. The molecule has 1 aliphatic rings. The number of allylic oxidation sites excluding steroid dienone is 2. The van der Waals surface area contributed by atoms with Crippen LogP contribution in [0.15, 0.2) is 29.5 Å². The van der Waals surface area contributed by atoms with Crippen molar-refractivity contribution in [3.05, 3.63) is 29.5 Å². The second-order valence-electron chi connectivity index (χ2n) is 10.8. The van der Waals surface area contributed by atoms with Crippen LogP contribution < -0.4 is 0 Å². The zero-order chi connectivity index (χ0) is 23.2. The molecule has 0 aromatic rings. The van der Waals surface area contributed by atoms with E-state index in [0.717, 1.165) is 6.42 Å². The lowest BCUT2D eigenvalue weighted by atomic mass is 9.83. The zero-order valence-corrected chi connectivity index (χ0v) is 23.7. The molecule has 0 aromatic carbocycles. The van der Waals surface area contributed by atoms with Gasteiger partial charge in [-0.15, -0.1) is 17.2 Å². The van der Waals surface area contributed by atoms with Crippen molar-refractivity contribution in [3.63, 3.8) is 0 Å². The third kappa shape index (κ3) is 6.60. The van der Waals surface area contributed by atoms with E-state index < -0.39 is 16.4 Å². The average Bonchev–Trinajstić information content (AvgIpc) is 3.04. The number of rotatable bonds is 9. The molecule has 0 heterocycles. The first kappa shape index (κ1) is 27.2. The quantitative estimate of drug-likeness (QED) is 0.150. The van der Waals surface area contributed by atoms with Gasteiger partial charge in [0.2, 0.25) is 0 Å². The highest BCUT2D eigenvalue weighted by Gasteiger charge is 2.41. The lowest BCUT2D eigenvalue weighted by Crippen LogP contribution is -2.45. The summed E-state index contributed by atoms with van der Waals surface area (Å²) in [4.78, 5) is 0. The standard InChI is InChI=1S/C27H48OSi2/c1-12-17-26(28-29(10,11)27(7,8)9)23(6)25-20-19-22(5)24(25)18-16-21-30(13-2,14-3)15-4/h17,23,25-26H,1,13-15,18-20H2,2-11H3. The molecule has 0 aliphatic heterocycles. The maximum Gasteiger partial charge on any atom is 0.192 e. The second-order valence-corrected chi connectivity index (χ2v) is 20.5. The smallest absolute Gasteiger partial charge is 0.192 e. The normalized spacial score (nSPS) is 19.7. The molecule has 0 fully saturated rings. The third-order valence-corrected chi connectivity index (χ3v) is 17.4. The van der Waals surface area contributed by atoms with Crippen molar-refractivity contribution in [1.82, 2.24) is 0 Å². The molecule has 0 saturated heterocycles. The van der Waals surface area contributed by atoms with E-state index in [4.69, 9.17) is 4.43 Å². The molecule has 3 heteroatoms. The van der Waals surface area contributed by atoms with E-state index in [-0.39, 0.29) is 11.1 Å². The Morgan fingerprint density at radius 3 is 2.20 bits per heavy atom. The molecule has 0 aromatic heterocycles. The van der Waals surface area contributed by atoms with Crippen LogP contribution in [-0.4, -0.2) is 22.5 Å². The molecule has 1 aliphatic carbocycles. The molecule has 30 heavy (non-hydrogen) atoms. The van der Waals surface area contributed by atoms with Crippen LogP contribution in [0, 0.1) is 23.3 Å². The summed E-state index contributed by atoms with van der Waals surface area (Å²) < 4.78 is 6.84. The van der Waals surface area contributed by atoms with Crippen molar-refractivity contribution in [2.24, 2.45) is 11.8 Å². The SMILES string of the molecule is C=C=CC(O[Si](C)(C)C(C)(C)C)C(C)C1CCC(C)=C1CC#C[Si](CC)(CC)CC. The topological polar surface area (TPSA) is 9.23 Å². The Kier molecular flexibility index (Phi) is 10.2. The van der Waals surface area contributed by atoms with Crippen molar-refractivity contribution < 1.29 is 4.43 Å². The van der Waals surface area contributed by atoms with Gasteiger partial charge in [0.1, 0.15) is 8.07 Å². The molecule has 0 radical (unpaired) electrons. The van der Waals surface area contributed by atoms with Crippen molar-refractivity contribution in [1.29, 1.82) is 0 Å². The van der Waals surface area contributed by atoms with Gasteiger partial charge in [-0.1, -0.05) is 66.2 Å². The molecule has 0 spiro atoms. The van der Waals surface area contributed by atoms with Crippen LogP contribution in [0.25, 0.3) is 0 Å². The van der Waals surface area contributed by atoms with E-state index in [1.54, 1.807) is 11.1 Å². The average molecular weight is 445 g/mol. The summed E-state index contributed by atoms with van der Waals surface area (Å²) in [7, 11) is -3.24. The van der Waals surface area contributed by atoms with Crippen LogP contribution in [0.4, 0.5) is 0 Å². The minimum Gasteiger partial charge on any atom is -0.410 e. The molecule has 1 nitrogen and oxygen atoms in total. The molecule has 3 unspecified atom stereocenters. The molecular formula is C27H48OSi2. The number of hydrogen-bond donors (Lipinski definition) is 0. The fourth-order valence-corrected chi connectivity index (χ4v) is 8.19. The molecular weight excluding hydrogens is 396 g/mol. The third-order valence-electron chi connectivity index (χ3n) is 8.16. The van der Waals surface area contributed by atoms with Crippen LogP contribution in [0.1, 0.15) is 74.7 Å². The van der Waals surface area contributed by atoms with Gasteiger partial charge in [-0.3, -0.25) is 0 Å². The first-order valence-electron chi connectivity index (χ1n) is 12.1. The van der Waals surface area contributed by atoms with Crippen LogP contribution in [0.3, 0.4) is 0 Å². The molecule has 0 bridgehead atoms. The zero-order valence-electron chi connectivity index (χ0n) is 21.7. The van der Waals surface area contributed by atoms with Gasteiger partial charge in [-0.25, -0.2) is 0 Å². The number of hydrogen-bond acceptors (Lipinski definition) is 1. The lowest BCUT2D eigenvalue weighted by Gasteiger charge is -2.41. The monoisotopic (exact) mass is 444 g/mol. The van der Waals surface area contributed by atoms with Gasteiger partial charge >= 0.3 is 0 Å². The van der Waals surface area contributed by atoms with Gasteiger partial charge in [0.25, 0.3) is 0 Å². The Balaban J connectivity index is 3.09. The van der Waals surface area contributed by atoms with Crippen LogP contribution in [-0.2, 0) is 4.43 Å². The molecule has 0 saturated carbocycles. The highest BCUT2D eigenvalue weighted by Crippen LogP contribution is 2.43. The summed E-state index contributed by atoms with van der Waals surface area (Å²) in [5, 5.41) is 0.199. The largest absolute Gasteiger partial charge is 0.410 e. The first-order valence-corrected chi connectivity index (χ1v) is 17.6. The molecule has 170 valence electrons. The van der Waals surface area contributed by atoms with Gasteiger partial charge in [0.15, 0.2) is 8.32 Å². The van der Waals surface area contributed by atoms with Crippen molar-refractivity contribution in [2.75, 3.05) is 0 Å². The van der Waals surface area contributed by atoms with E-state index >= 15 is 0 Å². The van der Waals surface area contributed by atoms with Gasteiger partial charge in [-0.05, 0) is 73.9 Å². The summed E-state index contributed by atoms with van der Waals surface area (Å²) in [5.74, 6) is 4.64. The van der Waals surface area contributed by atoms with Crippen molar-refractivity contribution in [3.8, 4) is 11.5 Å². The van der Waals surface area contributed by atoms with Crippen LogP contribution in [0.2, 0.25) is 36.3 Å². The minimum atomic E-state index is -1.86. The fraction of sp³-hybridized carbons (Fsp3) is 0.741. The summed E-state index contributed by atoms with van der Waals surface area (Å²) in [5.41, 5.74) is 9.99. The van der Waals surface area contributed by atoms with E-state index in [1.165, 1.54) is 31.0 Å². The lowest BCUT2D eigenvalue weighted by molar-refractivity contribution is 0.140. The molecule has 1 rings (SSSR count). The molecule has 3 atom stereocenters. The molecule has 0 amide bonds. The van der Waals surface area contributed by atoms with Crippen LogP contribution >= 0.6 is 0 Å². The predicted octanol–water partition coefficient (Wildman–Crippen LogP) is 8.52. The Morgan fingerprint density at radius 2 is 1.73 bits per heavy atom. The minimum absolute atomic E-state index is 0.0811. The maximum atomic E-state index is 6.84.